The number of anilines is 1. The molecule has 2 aromatic heterocycles. The van der Waals surface area contributed by atoms with Crippen molar-refractivity contribution in [3.63, 3.8) is 0 Å². The fourth-order valence-corrected chi connectivity index (χ4v) is 3.42. The molecule has 1 aromatic carbocycles. The lowest BCUT2D eigenvalue weighted by molar-refractivity contribution is -0.116. The molecular formula is C17H15N5OS. The Hall–Kier alpha value is -2.67. The van der Waals surface area contributed by atoms with Gasteiger partial charge in [0.1, 0.15) is 11.4 Å². The van der Waals surface area contributed by atoms with Gasteiger partial charge in [-0.3, -0.25) is 9.36 Å². The van der Waals surface area contributed by atoms with Gasteiger partial charge in [0.05, 0.1) is 5.75 Å². The molecule has 1 aliphatic rings. The summed E-state index contributed by atoms with van der Waals surface area (Å²) in [5, 5.41) is 9.07. The number of fused-ring (bicyclic) bond motifs is 1. The minimum atomic E-state index is 0.102. The maximum atomic E-state index is 12.5. The van der Waals surface area contributed by atoms with E-state index in [-0.39, 0.29) is 5.91 Å². The van der Waals surface area contributed by atoms with Crippen LogP contribution in [0, 0.1) is 0 Å². The highest BCUT2D eigenvalue weighted by molar-refractivity contribution is 7.99. The normalized spacial score (nSPS) is 13.1. The van der Waals surface area contributed by atoms with Gasteiger partial charge in [0, 0.05) is 24.6 Å². The third-order valence-electron chi connectivity index (χ3n) is 3.93. The minimum Gasteiger partial charge on any atom is -0.311 e. The lowest BCUT2D eigenvalue weighted by Gasteiger charge is -2.16. The Morgan fingerprint density at radius 1 is 1.17 bits per heavy atom. The molecule has 6 nitrogen and oxygen atoms in total. The molecule has 7 heteroatoms. The van der Waals surface area contributed by atoms with E-state index < -0.39 is 0 Å². The van der Waals surface area contributed by atoms with E-state index in [2.05, 4.69) is 21.2 Å². The van der Waals surface area contributed by atoms with Crippen LogP contribution in [0.1, 0.15) is 5.56 Å². The zero-order chi connectivity index (χ0) is 16.4. The molecule has 1 aliphatic heterocycles. The second kappa shape index (κ2) is 6.45. The van der Waals surface area contributed by atoms with Crippen LogP contribution in [-0.2, 0) is 11.2 Å². The van der Waals surface area contributed by atoms with E-state index in [0.29, 0.717) is 11.6 Å². The molecule has 0 aliphatic carbocycles. The average Bonchev–Trinajstić information content (AvgIpc) is 3.30. The molecule has 0 fully saturated rings. The first-order valence-electron chi connectivity index (χ1n) is 7.64. The van der Waals surface area contributed by atoms with Crippen LogP contribution in [-0.4, -0.2) is 38.0 Å². The number of aromatic nitrogens is 4. The van der Waals surface area contributed by atoms with E-state index in [1.165, 1.54) is 17.3 Å². The number of carbonyl (C=O) groups excluding carboxylic acids is 1. The lowest BCUT2D eigenvalue weighted by Crippen LogP contribution is -2.30. The van der Waals surface area contributed by atoms with E-state index in [1.54, 1.807) is 17.1 Å². The minimum absolute atomic E-state index is 0.102. The standard InChI is InChI=1S/C17H15N5OS/c23-17(22-9-7-13-3-1-2-4-14(13)22)11-24-16-6-5-15(19-20-16)21-10-8-18-12-21/h1-6,8,10,12H,7,9,11H2. The van der Waals surface area contributed by atoms with Crippen LogP contribution < -0.4 is 4.90 Å². The van der Waals surface area contributed by atoms with Crippen LogP contribution in [0.25, 0.3) is 5.82 Å². The first-order valence-corrected chi connectivity index (χ1v) is 8.63. The van der Waals surface area contributed by atoms with Crippen LogP contribution >= 0.6 is 11.8 Å². The van der Waals surface area contributed by atoms with E-state index >= 15 is 0 Å². The number of amides is 1. The summed E-state index contributed by atoms with van der Waals surface area (Å²) < 4.78 is 1.79. The van der Waals surface area contributed by atoms with Crippen molar-refractivity contribution < 1.29 is 4.79 Å². The smallest absolute Gasteiger partial charge is 0.237 e. The predicted molar refractivity (Wildman–Crippen MR) is 92.4 cm³/mol. The number of hydrogen-bond donors (Lipinski definition) is 0. The molecular weight excluding hydrogens is 322 g/mol. The summed E-state index contributed by atoms with van der Waals surface area (Å²) >= 11 is 1.41. The van der Waals surface area contributed by atoms with Crippen LogP contribution in [0.2, 0.25) is 0 Å². The lowest BCUT2D eigenvalue weighted by atomic mass is 10.2. The third-order valence-corrected chi connectivity index (χ3v) is 4.83. The molecule has 0 spiro atoms. The highest BCUT2D eigenvalue weighted by Gasteiger charge is 2.23. The fraction of sp³-hybridized carbons (Fsp3) is 0.176. The Morgan fingerprint density at radius 2 is 2.08 bits per heavy atom. The summed E-state index contributed by atoms with van der Waals surface area (Å²) in [5.41, 5.74) is 2.27. The fourth-order valence-electron chi connectivity index (χ4n) is 2.73. The van der Waals surface area contributed by atoms with Gasteiger partial charge in [0.25, 0.3) is 0 Å². The summed E-state index contributed by atoms with van der Waals surface area (Å²) in [7, 11) is 0. The number of thioether (sulfide) groups is 1. The number of para-hydroxylation sites is 1. The first kappa shape index (κ1) is 14.9. The summed E-state index contributed by atoms with van der Waals surface area (Å²) in [6.07, 6.45) is 6.10. The van der Waals surface area contributed by atoms with Crippen LogP contribution in [0.15, 0.2) is 60.1 Å². The Kier molecular flexibility index (Phi) is 4.00. The number of rotatable bonds is 4. The van der Waals surface area contributed by atoms with Gasteiger partial charge in [-0.25, -0.2) is 4.98 Å². The quantitative estimate of drug-likeness (QED) is 0.684. The van der Waals surface area contributed by atoms with Crippen LogP contribution in [0.3, 0.4) is 0 Å². The molecule has 0 unspecified atom stereocenters. The Labute approximate surface area is 143 Å². The molecule has 3 heterocycles. The monoisotopic (exact) mass is 337 g/mol. The van der Waals surface area contributed by atoms with Gasteiger partial charge < -0.3 is 4.90 Å². The number of nitrogens with zero attached hydrogens (tertiary/aromatic N) is 5. The van der Waals surface area contributed by atoms with Crippen LogP contribution in [0.5, 0.6) is 0 Å². The summed E-state index contributed by atoms with van der Waals surface area (Å²) in [6, 6.07) is 11.8. The van der Waals surface area contributed by atoms with Gasteiger partial charge in [-0.05, 0) is 30.2 Å². The van der Waals surface area contributed by atoms with Gasteiger partial charge in [-0.2, -0.15) is 0 Å². The van der Waals surface area contributed by atoms with Crippen molar-refractivity contribution in [1.82, 2.24) is 19.7 Å². The number of hydrogen-bond acceptors (Lipinski definition) is 5. The molecule has 0 saturated heterocycles. The molecule has 3 aromatic rings. The summed E-state index contributed by atoms with van der Waals surface area (Å²) in [4.78, 5) is 18.3. The first-order chi connectivity index (χ1) is 11.8. The molecule has 0 saturated carbocycles. The van der Waals surface area contributed by atoms with Crippen molar-refractivity contribution in [1.29, 1.82) is 0 Å². The highest BCUT2D eigenvalue weighted by atomic mass is 32.2. The van der Waals surface area contributed by atoms with E-state index in [4.69, 9.17) is 0 Å². The van der Waals surface area contributed by atoms with E-state index in [9.17, 15) is 4.79 Å². The van der Waals surface area contributed by atoms with Crippen molar-refractivity contribution in [2.24, 2.45) is 0 Å². The maximum Gasteiger partial charge on any atom is 0.237 e. The van der Waals surface area contributed by atoms with Crippen molar-refractivity contribution in [2.75, 3.05) is 17.2 Å². The van der Waals surface area contributed by atoms with Gasteiger partial charge in [-0.15, -0.1) is 10.2 Å². The van der Waals surface area contributed by atoms with Gasteiger partial charge in [0.2, 0.25) is 5.91 Å². The highest BCUT2D eigenvalue weighted by Crippen LogP contribution is 2.28. The predicted octanol–water partition coefficient (Wildman–Crippen LogP) is 2.34. The van der Waals surface area contributed by atoms with Crippen LogP contribution in [0.4, 0.5) is 5.69 Å². The maximum absolute atomic E-state index is 12.5. The summed E-state index contributed by atoms with van der Waals surface area (Å²) in [6.45, 7) is 0.754. The van der Waals surface area contributed by atoms with Crippen molar-refractivity contribution in [2.45, 2.75) is 11.4 Å². The molecule has 0 atom stereocenters. The van der Waals surface area contributed by atoms with Crippen molar-refractivity contribution >= 4 is 23.4 Å². The van der Waals surface area contributed by atoms with Gasteiger partial charge in [0.15, 0.2) is 5.82 Å². The third kappa shape index (κ3) is 2.90. The average molecular weight is 337 g/mol. The number of carbonyl (C=O) groups is 1. The van der Waals surface area contributed by atoms with Gasteiger partial charge in [-0.1, -0.05) is 30.0 Å². The molecule has 1 amide bonds. The SMILES string of the molecule is O=C(CSc1ccc(-n2ccnc2)nn1)N1CCc2ccccc21. The zero-order valence-corrected chi connectivity index (χ0v) is 13.7. The zero-order valence-electron chi connectivity index (χ0n) is 12.9. The Morgan fingerprint density at radius 3 is 2.88 bits per heavy atom. The Bertz CT molecular complexity index is 848. The summed E-state index contributed by atoms with van der Waals surface area (Å²) in [5.74, 6) is 1.16. The number of imidazole rings is 1. The number of benzene rings is 1. The second-order valence-corrected chi connectivity index (χ2v) is 6.41. The largest absolute Gasteiger partial charge is 0.311 e. The molecule has 0 N–H and O–H groups in total. The van der Waals surface area contributed by atoms with Crippen molar-refractivity contribution in [3.8, 4) is 5.82 Å². The molecule has 24 heavy (non-hydrogen) atoms. The topological polar surface area (TPSA) is 63.9 Å². The van der Waals surface area contributed by atoms with E-state index in [0.717, 1.165) is 23.7 Å². The second-order valence-electron chi connectivity index (χ2n) is 5.41. The van der Waals surface area contributed by atoms with E-state index in [1.807, 2.05) is 41.4 Å². The van der Waals surface area contributed by atoms with Crippen molar-refractivity contribution in [3.05, 3.63) is 60.7 Å². The van der Waals surface area contributed by atoms with Gasteiger partial charge >= 0.3 is 0 Å². The molecule has 0 bridgehead atoms. The molecule has 120 valence electrons. The molecule has 0 radical (unpaired) electrons. The molecule has 4 rings (SSSR count). The Balaban J connectivity index is 1.39.